The molecule has 0 saturated heterocycles. The fraction of sp³-hybridized carbons (Fsp3) is 0.217. The molecule has 0 saturated carbocycles. The number of carbonyl (C=O) groups excluding carboxylic acids is 4. The lowest BCUT2D eigenvalue weighted by Crippen LogP contribution is -2.15. The molecule has 0 aliphatic rings. The van der Waals surface area contributed by atoms with E-state index in [1.54, 1.807) is 114 Å². The van der Waals surface area contributed by atoms with Crippen LogP contribution in [0.4, 0.5) is 20.0 Å². The van der Waals surface area contributed by atoms with Crippen molar-refractivity contribution in [3.63, 3.8) is 0 Å². The van der Waals surface area contributed by atoms with E-state index in [2.05, 4.69) is 104 Å². The van der Waals surface area contributed by atoms with Gasteiger partial charge < -0.3 is 51.2 Å². The van der Waals surface area contributed by atoms with Gasteiger partial charge in [0.25, 0.3) is 23.6 Å². The summed E-state index contributed by atoms with van der Waals surface area (Å²) in [4.78, 5) is 98.1. The summed E-state index contributed by atoms with van der Waals surface area (Å²) in [7, 11) is 1.57. The lowest BCUT2D eigenvalue weighted by molar-refractivity contribution is 0.0688. The second-order valence-corrected chi connectivity index (χ2v) is 34.2. The summed E-state index contributed by atoms with van der Waals surface area (Å²) in [6.07, 6.45) is 0. The van der Waals surface area contributed by atoms with Gasteiger partial charge in [0.05, 0.1) is 13.7 Å². The molecule has 4 aromatic heterocycles. The van der Waals surface area contributed by atoms with E-state index < -0.39 is 23.9 Å². The zero-order valence-electron chi connectivity index (χ0n) is 66.1. The van der Waals surface area contributed by atoms with E-state index in [0.29, 0.717) is 76.9 Å². The van der Waals surface area contributed by atoms with E-state index in [0.717, 1.165) is 55.8 Å². The quantitative estimate of drug-likeness (QED) is 0.0374. The number of hydrogen-bond acceptors (Lipinski definition) is 14. The second kappa shape index (κ2) is 37.0. The summed E-state index contributed by atoms with van der Waals surface area (Å²) in [6, 6.07) is 60.8. The first kappa shape index (κ1) is 85.9. The molecule has 4 amide bonds. The Morgan fingerprint density at radius 1 is 0.316 bits per heavy atom. The van der Waals surface area contributed by atoms with Crippen LogP contribution in [0.2, 0.25) is 0 Å². The number of nitrogens with one attached hydrogen (secondary N) is 4. The van der Waals surface area contributed by atoms with Crippen LogP contribution in [0, 0.1) is 6.92 Å². The van der Waals surface area contributed by atoms with Gasteiger partial charge in [0.1, 0.15) is 53.8 Å². The lowest BCUT2D eigenvalue weighted by atomic mass is 9.86. The molecule has 8 aromatic carbocycles. The minimum absolute atomic E-state index is 0.00216. The summed E-state index contributed by atoms with van der Waals surface area (Å²) < 4.78 is 10.6. The largest absolute Gasteiger partial charge is 0.497 e. The Labute approximate surface area is 680 Å². The normalized spacial score (nSPS) is 11.2. The molecule has 0 unspecified atom stereocenters. The van der Waals surface area contributed by atoms with Crippen molar-refractivity contribution in [2.75, 3.05) is 35.0 Å². The number of carbonyl (C=O) groups is 8. The number of aryl methyl sites for hydroxylation is 1. The van der Waals surface area contributed by atoms with Crippen LogP contribution in [0.3, 0.4) is 0 Å². The fourth-order valence-electron chi connectivity index (χ4n) is 11.7. The number of carboxylic acids is 4. The summed E-state index contributed by atoms with van der Waals surface area (Å²) >= 11 is 4.83. The van der Waals surface area contributed by atoms with E-state index in [-0.39, 0.29) is 67.5 Å². The summed E-state index contributed by atoms with van der Waals surface area (Å²) in [6.45, 7) is 29.7. The van der Waals surface area contributed by atoms with Crippen molar-refractivity contribution in [1.29, 1.82) is 0 Å². The highest BCUT2D eigenvalue weighted by Gasteiger charge is 2.28. The van der Waals surface area contributed by atoms with Gasteiger partial charge in [-0.2, -0.15) is 0 Å². The van der Waals surface area contributed by atoms with Crippen LogP contribution in [-0.2, 0) is 21.7 Å². The highest BCUT2D eigenvalue weighted by molar-refractivity contribution is 7.16. The van der Waals surface area contributed by atoms with E-state index in [1.807, 2.05) is 129 Å². The predicted octanol–water partition coefficient (Wildman–Crippen LogP) is 23.4. The first-order valence-corrected chi connectivity index (χ1v) is 39.9. The van der Waals surface area contributed by atoms with Gasteiger partial charge in [-0.1, -0.05) is 216 Å². The molecule has 0 radical (unpaired) electrons. The number of amides is 4. The molecule has 114 heavy (non-hydrogen) atoms. The molecule has 0 atom stereocenters. The number of methoxy groups -OCH3 is 1. The van der Waals surface area contributed by atoms with Crippen LogP contribution in [0.5, 0.6) is 11.5 Å². The van der Waals surface area contributed by atoms with Crippen molar-refractivity contribution in [2.24, 2.45) is 0 Å². The minimum atomic E-state index is -1.09. The van der Waals surface area contributed by atoms with Gasteiger partial charge in [0, 0.05) is 66.0 Å². The van der Waals surface area contributed by atoms with Crippen molar-refractivity contribution in [2.45, 2.75) is 119 Å². The second-order valence-electron chi connectivity index (χ2n) is 30.7. The molecule has 0 bridgehead atoms. The summed E-state index contributed by atoms with van der Waals surface area (Å²) in [5.74, 6) is -4.19. The molecule has 0 aliphatic heterocycles. The molecule has 22 heteroatoms. The number of thiophene rings is 4. The van der Waals surface area contributed by atoms with Crippen LogP contribution in [0.1, 0.15) is 201 Å². The summed E-state index contributed by atoms with van der Waals surface area (Å²) in [5.41, 5.74) is 13.4. The molecule has 12 rings (SSSR count). The first-order chi connectivity index (χ1) is 53.8. The Kier molecular flexibility index (Phi) is 27.9. The van der Waals surface area contributed by atoms with Crippen molar-refractivity contribution in [3.05, 3.63) is 294 Å². The maximum atomic E-state index is 12.7. The highest BCUT2D eigenvalue weighted by atomic mass is 32.1. The van der Waals surface area contributed by atoms with Crippen LogP contribution >= 0.6 is 45.3 Å². The minimum Gasteiger partial charge on any atom is -0.497 e. The number of carboxylic acid groups (broad SMARTS) is 4. The average molecular weight is 1610 g/mol. The molecule has 12 aromatic rings. The Hall–Kier alpha value is -12.1. The maximum Gasteiger partial charge on any atom is 0.339 e. The van der Waals surface area contributed by atoms with Crippen molar-refractivity contribution in [3.8, 4) is 56.0 Å². The summed E-state index contributed by atoms with van der Waals surface area (Å²) in [5, 5.41) is 58.3. The number of aromatic carboxylic acids is 4. The van der Waals surface area contributed by atoms with Gasteiger partial charge in [-0.25, -0.2) is 19.2 Å². The molecule has 0 spiro atoms. The van der Waals surface area contributed by atoms with Crippen LogP contribution < -0.4 is 30.7 Å². The van der Waals surface area contributed by atoms with Gasteiger partial charge in [-0.3, -0.25) is 19.2 Å². The van der Waals surface area contributed by atoms with Crippen LogP contribution in [-0.4, -0.2) is 81.6 Å². The SMILES string of the molecule is CC(C)(C)c1ccc(C(=O)Nc2scc(-c3ccccc3)c2C(=O)O)cc1.CCOc1ccc(-c2csc(NC(=O)c3ccc(C(C)(C)C)cc3)c2C(=O)O)cc1.COc1ccc(-c2csc(NC(=O)c3ccc(C(C)(C)C)cc3)c2C(=O)O)cc1.Cc1ccc(-c2csc(NC(=O)c3ccc(C(C)(C)C)cc3)c2C(=O)O)cc1. The van der Waals surface area contributed by atoms with E-state index in [9.17, 15) is 58.8 Å². The predicted molar refractivity (Wildman–Crippen MR) is 462 cm³/mol. The Morgan fingerprint density at radius 2 is 0.544 bits per heavy atom. The third kappa shape index (κ3) is 22.0. The van der Waals surface area contributed by atoms with E-state index in [1.165, 1.54) is 45.3 Å². The molecule has 0 aliphatic carbocycles. The van der Waals surface area contributed by atoms with Gasteiger partial charge in [-0.05, 0) is 153 Å². The van der Waals surface area contributed by atoms with Crippen molar-refractivity contribution >= 4 is 113 Å². The Balaban J connectivity index is 0.000000174. The number of anilines is 4. The topological polar surface area (TPSA) is 284 Å². The molecule has 18 nitrogen and oxygen atoms in total. The fourth-order valence-corrected chi connectivity index (χ4v) is 15.5. The molecule has 588 valence electrons. The molecular weight excluding hydrogens is 1510 g/mol. The molecular formula is C92H92N4O14S4. The lowest BCUT2D eigenvalue weighted by Gasteiger charge is -2.19. The monoisotopic (exact) mass is 1600 g/mol. The first-order valence-electron chi connectivity index (χ1n) is 36.4. The van der Waals surface area contributed by atoms with Gasteiger partial charge in [-0.15, -0.1) is 45.3 Å². The maximum absolute atomic E-state index is 12.7. The third-order valence-electron chi connectivity index (χ3n) is 18.3. The number of hydrogen-bond donors (Lipinski definition) is 8. The van der Waals surface area contributed by atoms with Gasteiger partial charge >= 0.3 is 23.9 Å². The van der Waals surface area contributed by atoms with E-state index >= 15 is 0 Å². The van der Waals surface area contributed by atoms with Crippen molar-refractivity contribution < 1.29 is 68.3 Å². The zero-order chi connectivity index (χ0) is 83.1. The average Bonchev–Trinajstić information content (AvgIpc) is 1.68. The molecule has 0 fully saturated rings. The highest BCUT2D eigenvalue weighted by Crippen LogP contribution is 2.41. The Bertz CT molecular complexity index is 5400. The van der Waals surface area contributed by atoms with Gasteiger partial charge in [0.15, 0.2) is 0 Å². The number of rotatable bonds is 19. The van der Waals surface area contributed by atoms with E-state index in [4.69, 9.17) is 9.47 Å². The van der Waals surface area contributed by atoms with Gasteiger partial charge in [0.2, 0.25) is 0 Å². The number of ether oxygens (including phenoxy) is 2. The van der Waals surface area contributed by atoms with Crippen molar-refractivity contribution in [1.82, 2.24) is 0 Å². The Morgan fingerprint density at radius 3 is 0.763 bits per heavy atom. The molecule has 4 heterocycles. The third-order valence-corrected chi connectivity index (χ3v) is 21.9. The standard InChI is InChI=1S/C24H25NO4S.C23H23NO4S.C23H23NO3S.C22H21NO3S/c1-5-29-18-12-8-15(9-13-18)19-14-30-22(20(19)23(27)28)25-21(26)16-6-10-17(11-7-16)24(2,3)4;1-23(2,3)16-9-5-15(6-10-16)20(25)24-21-19(22(26)27)18(13-29-21)14-7-11-17(28-4)12-8-14;1-14-5-7-15(8-6-14)18-13-28-21(19(18)22(26)27)24-20(25)16-9-11-17(12-10-16)23(2,3)4;1-22(2,3)16-11-9-15(10-12-16)19(24)23-20-18(21(25)26)17(13-27-20)14-7-5-4-6-8-14/h6-14H,5H2,1-4H3,(H,25,26)(H,27,28);5-13H,1-4H3,(H,24,25)(H,26,27);5-13H,1-4H3,(H,24,25)(H,26,27);4-13H,1-3H3,(H,23,24)(H,25,26). The smallest absolute Gasteiger partial charge is 0.339 e. The molecule has 8 N–H and O–H groups in total. The number of benzene rings is 8. The zero-order valence-corrected chi connectivity index (χ0v) is 69.3. The van der Waals surface area contributed by atoms with Crippen LogP contribution in [0.15, 0.2) is 222 Å². The van der Waals surface area contributed by atoms with Crippen LogP contribution in [0.25, 0.3) is 44.5 Å².